The highest BCUT2D eigenvalue weighted by Gasteiger charge is 2.15. The van der Waals surface area contributed by atoms with Gasteiger partial charge in [-0.2, -0.15) is 0 Å². The van der Waals surface area contributed by atoms with E-state index in [4.69, 9.17) is 4.74 Å². The lowest BCUT2D eigenvalue weighted by molar-refractivity contribution is -0.144. The van der Waals surface area contributed by atoms with E-state index in [-0.39, 0.29) is 5.97 Å². The van der Waals surface area contributed by atoms with Crippen molar-refractivity contribution >= 4 is 5.97 Å². The van der Waals surface area contributed by atoms with Crippen molar-refractivity contribution in [1.82, 2.24) is 10.2 Å². The van der Waals surface area contributed by atoms with E-state index in [1.807, 2.05) is 0 Å². The van der Waals surface area contributed by atoms with Crippen LogP contribution in [0.1, 0.15) is 168 Å². The van der Waals surface area contributed by atoms with Crippen LogP contribution in [-0.2, 0) is 9.53 Å². The molecule has 0 aliphatic carbocycles. The smallest absolute Gasteiger partial charge is 0.305 e. The van der Waals surface area contributed by atoms with Gasteiger partial charge in [0.2, 0.25) is 0 Å². The van der Waals surface area contributed by atoms with E-state index in [0.717, 1.165) is 25.3 Å². The zero-order chi connectivity index (χ0) is 27.4. The highest BCUT2D eigenvalue weighted by Crippen LogP contribution is 2.16. The van der Waals surface area contributed by atoms with E-state index < -0.39 is 0 Å². The summed E-state index contributed by atoms with van der Waals surface area (Å²) in [6.07, 6.45) is 31.2. The third-order valence-corrected chi connectivity index (χ3v) is 8.45. The van der Waals surface area contributed by atoms with Crippen molar-refractivity contribution in [3.63, 3.8) is 0 Å². The quantitative estimate of drug-likeness (QED) is 0.0798. The zero-order valence-corrected chi connectivity index (χ0v) is 26.1. The van der Waals surface area contributed by atoms with Gasteiger partial charge in [-0.05, 0) is 70.6 Å². The molecule has 4 heteroatoms. The summed E-state index contributed by atoms with van der Waals surface area (Å²) in [6.45, 7) is 11.0. The van der Waals surface area contributed by atoms with Gasteiger partial charge in [-0.25, -0.2) is 0 Å². The molecule has 0 aromatic rings. The van der Waals surface area contributed by atoms with Crippen LogP contribution in [0, 0.1) is 5.92 Å². The number of unbranched alkanes of at least 4 members (excludes halogenated alkanes) is 17. The fourth-order valence-electron chi connectivity index (χ4n) is 5.82. The second-order valence-corrected chi connectivity index (χ2v) is 12.2. The van der Waals surface area contributed by atoms with Crippen molar-refractivity contribution in [2.24, 2.45) is 5.92 Å². The van der Waals surface area contributed by atoms with Crippen molar-refractivity contribution in [3.8, 4) is 0 Å². The van der Waals surface area contributed by atoms with E-state index in [9.17, 15) is 4.79 Å². The molecular formula is C34H68N2O2. The monoisotopic (exact) mass is 537 g/mol. The van der Waals surface area contributed by atoms with Gasteiger partial charge in [0.15, 0.2) is 0 Å². The molecule has 1 saturated heterocycles. The lowest BCUT2D eigenvalue weighted by Gasteiger charge is -2.27. The van der Waals surface area contributed by atoms with Crippen molar-refractivity contribution in [2.75, 3.05) is 39.3 Å². The average Bonchev–Trinajstić information content (AvgIpc) is 2.94. The van der Waals surface area contributed by atoms with Gasteiger partial charge in [0.1, 0.15) is 0 Å². The number of carbonyl (C=O) groups excluding carboxylic acids is 1. The zero-order valence-electron chi connectivity index (χ0n) is 26.1. The van der Waals surface area contributed by atoms with Gasteiger partial charge in [0, 0.05) is 13.0 Å². The maximum Gasteiger partial charge on any atom is 0.305 e. The molecule has 1 aliphatic rings. The van der Waals surface area contributed by atoms with Gasteiger partial charge >= 0.3 is 5.97 Å². The van der Waals surface area contributed by atoms with Gasteiger partial charge in [0.25, 0.3) is 0 Å². The van der Waals surface area contributed by atoms with Crippen LogP contribution in [0.25, 0.3) is 0 Å². The molecule has 1 rings (SSSR count). The summed E-state index contributed by atoms with van der Waals surface area (Å²) in [5.41, 5.74) is 0. The number of hydrogen-bond donors (Lipinski definition) is 1. The van der Waals surface area contributed by atoms with Crippen molar-refractivity contribution in [2.45, 2.75) is 168 Å². The summed E-state index contributed by atoms with van der Waals surface area (Å²) in [5, 5.41) is 3.57. The number of piperidine rings is 1. The molecule has 38 heavy (non-hydrogen) atoms. The molecule has 0 saturated carbocycles. The van der Waals surface area contributed by atoms with Gasteiger partial charge in [0.05, 0.1) is 6.61 Å². The predicted molar refractivity (Wildman–Crippen MR) is 166 cm³/mol. The molecule has 1 unspecified atom stereocenters. The van der Waals surface area contributed by atoms with Gasteiger partial charge in [-0.1, -0.05) is 123 Å². The number of nitrogens with zero attached hydrogens (tertiary/aromatic N) is 1. The van der Waals surface area contributed by atoms with Crippen LogP contribution in [0.2, 0.25) is 0 Å². The minimum Gasteiger partial charge on any atom is -0.466 e. The highest BCUT2D eigenvalue weighted by atomic mass is 16.5. The Morgan fingerprint density at radius 3 is 1.76 bits per heavy atom. The van der Waals surface area contributed by atoms with Crippen LogP contribution in [0.4, 0.5) is 0 Å². The normalized spacial score (nSPS) is 15.8. The first-order chi connectivity index (χ1) is 18.8. The van der Waals surface area contributed by atoms with Gasteiger partial charge < -0.3 is 15.0 Å². The third-order valence-electron chi connectivity index (χ3n) is 8.45. The molecule has 1 aliphatic heterocycles. The number of nitrogens with one attached hydrogen (secondary N) is 1. The van der Waals surface area contributed by atoms with Crippen LogP contribution in [-0.4, -0.2) is 50.2 Å². The van der Waals surface area contributed by atoms with Crippen LogP contribution in [0.5, 0.6) is 0 Å². The second kappa shape index (κ2) is 27.9. The molecule has 1 heterocycles. The first kappa shape index (κ1) is 35.4. The maximum absolute atomic E-state index is 12.1. The molecule has 226 valence electrons. The standard InChI is InChI=1S/C34H68N2O2/c1-3-5-7-9-11-12-13-14-15-17-19-21-28-36(30-26-33-24-22-27-35-32-33)29-23-31-38-34(37)25-20-18-16-10-8-6-4-2/h33,35H,3-32H2,1-2H3. The summed E-state index contributed by atoms with van der Waals surface area (Å²) in [6, 6.07) is 0. The summed E-state index contributed by atoms with van der Waals surface area (Å²) < 4.78 is 5.57. The molecule has 1 atom stereocenters. The number of esters is 1. The molecule has 0 spiro atoms. The lowest BCUT2D eigenvalue weighted by atomic mass is 9.96. The van der Waals surface area contributed by atoms with E-state index in [2.05, 4.69) is 24.1 Å². The summed E-state index contributed by atoms with van der Waals surface area (Å²) in [5.74, 6) is 0.854. The van der Waals surface area contributed by atoms with Crippen molar-refractivity contribution < 1.29 is 9.53 Å². The molecule has 0 radical (unpaired) electrons. The Hall–Kier alpha value is -0.610. The maximum atomic E-state index is 12.1. The van der Waals surface area contributed by atoms with E-state index in [1.165, 1.54) is 161 Å². The fraction of sp³-hybridized carbons (Fsp3) is 0.971. The van der Waals surface area contributed by atoms with E-state index in [1.54, 1.807) is 0 Å². The summed E-state index contributed by atoms with van der Waals surface area (Å²) in [7, 11) is 0. The highest BCUT2D eigenvalue weighted by molar-refractivity contribution is 5.69. The number of rotatable bonds is 28. The Bertz CT molecular complexity index is 493. The molecule has 0 amide bonds. The number of ether oxygens (including phenoxy) is 1. The van der Waals surface area contributed by atoms with E-state index >= 15 is 0 Å². The minimum atomic E-state index is 0.0133. The topological polar surface area (TPSA) is 41.6 Å². The Kier molecular flexibility index (Phi) is 26.0. The Morgan fingerprint density at radius 2 is 1.21 bits per heavy atom. The largest absolute Gasteiger partial charge is 0.466 e. The van der Waals surface area contributed by atoms with Crippen LogP contribution in [0.15, 0.2) is 0 Å². The number of hydrogen-bond acceptors (Lipinski definition) is 4. The first-order valence-electron chi connectivity index (χ1n) is 17.3. The van der Waals surface area contributed by atoms with Crippen LogP contribution < -0.4 is 5.32 Å². The molecule has 0 bridgehead atoms. The van der Waals surface area contributed by atoms with Gasteiger partial charge in [-0.15, -0.1) is 0 Å². The average molecular weight is 537 g/mol. The molecule has 1 N–H and O–H groups in total. The first-order valence-corrected chi connectivity index (χ1v) is 17.3. The summed E-state index contributed by atoms with van der Waals surface area (Å²) in [4.78, 5) is 14.8. The van der Waals surface area contributed by atoms with Crippen LogP contribution >= 0.6 is 0 Å². The SMILES string of the molecule is CCCCCCCCCCCCCCN(CCCOC(=O)CCCCCCCCC)CCC1CCCNC1. The van der Waals surface area contributed by atoms with Crippen molar-refractivity contribution in [3.05, 3.63) is 0 Å². The molecule has 0 aromatic heterocycles. The molecule has 1 fully saturated rings. The predicted octanol–water partition coefficient (Wildman–Crippen LogP) is 9.45. The van der Waals surface area contributed by atoms with Crippen LogP contribution in [0.3, 0.4) is 0 Å². The second-order valence-electron chi connectivity index (χ2n) is 12.2. The Morgan fingerprint density at radius 1 is 0.684 bits per heavy atom. The number of carbonyl (C=O) groups is 1. The Balaban J connectivity index is 2.11. The van der Waals surface area contributed by atoms with Gasteiger partial charge in [-0.3, -0.25) is 4.79 Å². The molecule has 4 nitrogen and oxygen atoms in total. The summed E-state index contributed by atoms with van der Waals surface area (Å²) >= 11 is 0. The third kappa shape index (κ3) is 23.3. The fourth-order valence-corrected chi connectivity index (χ4v) is 5.82. The molecule has 0 aromatic carbocycles. The van der Waals surface area contributed by atoms with E-state index in [0.29, 0.717) is 13.0 Å². The van der Waals surface area contributed by atoms with Crippen molar-refractivity contribution in [1.29, 1.82) is 0 Å². The molecular weight excluding hydrogens is 468 g/mol. The Labute approximate surface area is 238 Å². The minimum absolute atomic E-state index is 0.0133. The lowest BCUT2D eigenvalue weighted by Crippen LogP contribution is -2.34.